The van der Waals surface area contributed by atoms with E-state index in [4.69, 9.17) is 0 Å². The molecular formula is C12H17NOS. The van der Waals surface area contributed by atoms with Crippen molar-refractivity contribution in [2.75, 3.05) is 11.1 Å². The molecule has 0 heterocycles. The van der Waals surface area contributed by atoms with E-state index >= 15 is 0 Å². The number of anilines is 1. The van der Waals surface area contributed by atoms with Gasteiger partial charge in [-0.25, -0.2) is 0 Å². The quantitative estimate of drug-likeness (QED) is 0.758. The van der Waals surface area contributed by atoms with Crippen LogP contribution in [0.15, 0.2) is 12.1 Å². The SMILES string of the molecule is Cc1ccc(NC(=O)CCS)c(C)c1C. The number of carbonyl (C=O) groups is 1. The molecule has 1 rings (SSSR count). The number of hydrogen-bond acceptors (Lipinski definition) is 2. The highest BCUT2D eigenvalue weighted by Gasteiger charge is 2.06. The summed E-state index contributed by atoms with van der Waals surface area (Å²) in [5.74, 6) is 0.603. The Morgan fingerprint density at radius 1 is 1.27 bits per heavy atom. The van der Waals surface area contributed by atoms with Gasteiger partial charge in [0.2, 0.25) is 5.91 Å². The van der Waals surface area contributed by atoms with Crippen molar-refractivity contribution in [1.82, 2.24) is 0 Å². The average molecular weight is 223 g/mol. The van der Waals surface area contributed by atoms with Crippen LogP contribution in [0.25, 0.3) is 0 Å². The fraction of sp³-hybridized carbons (Fsp3) is 0.417. The van der Waals surface area contributed by atoms with Crippen molar-refractivity contribution in [3.63, 3.8) is 0 Å². The maximum atomic E-state index is 11.4. The third kappa shape index (κ3) is 2.99. The Bertz CT molecular complexity index is 374. The van der Waals surface area contributed by atoms with E-state index in [9.17, 15) is 4.79 Å². The number of carbonyl (C=O) groups excluding carboxylic acids is 1. The maximum absolute atomic E-state index is 11.4. The molecule has 15 heavy (non-hydrogen) atoms. The summed E-state index contributed by atoms with van der Waals surface area (Å²) >= 11 is 4.03. The molecule has 1 amide bonds. The van der Waals surface area contributed by atoms with E-state index < -0.39 is 0 Å². The topological polar surface area (TPSA) is 29.1 Å². The number of rotatable bonds is 3. The first-order valence-electron chi connectivity index (χ1n) is 5.03. The number of nitrogens with one attached hydrogen (secondary N) is 1. The van der Waals surface area contributed by atoms with Crippen LogP contribution in [0.3, 0.4) is 0 Å². The third-order valence-electron chi connectivity index (χ3n) is 2.67. The van der Waals surface area contributed by atoms with Gasteiger partial charge < -0.3 is 5.32 Å². The van der Waals surface area contributed by atoms with Crippen LogP contribution in [0.2, 0.25) is 0 Å². The van der Waals surface area contributed by atoms with E-state index in [1.807, 2.05) is 19.1 Å². The largest absolute Gasteiger partial charge is 0.326 e. The molecule has 1 aromatic carbocycles. The van der Waals surface area contributed by atoms with Crippen molar-refractivity contribution in [2.24, 2.45) is 0 Å². The Balaban J connectivity index is 2.87. The Hall–Kier alpha value is -0.960. The summed E-state index contributed by atoms with van der Waals surface area (Å²) in [5, 5.41) is 2.89. The number of thiol groups is 1. The second-order valence-corrected chi connectivity index (χ2v) is 4.15. The summed E-state index contributed by atoms with van der Waals surface area (Å²) in [4.78, 5) is 11.4. The molecule has 0 saturated carbocycles. The Morgan fingerprint density at radius 3 is 2.53 bits per heavy atom. The fourth-order valence-electron chi connectivity index (χ4n) is 1.41. The predicted molar refractivity (Wildman–Crippen MR) is 67.8 cm³/mol. The van der Waals surface area contributed by atoms with Crippen molar-refractivity contribution in [1.29, 1.82) is 0 Å². The van der Waals surface area contributed by atoms with Crippen LogP contribution in [0.5, 0.6) is 0 Å². The highest BCUT2D eigenvalue weighted by Crippen LogP contribution is 2.21. The first-order valence-corrected chi connectivity index (χ1v) is 5.67. The van der Waals surface area contributed by atoms with E-state index in [0.29, 0.717) is 12.2 Å². The highest BCUT2D eigenvalue weighted by atomic mass is 32.1. The second-order valence-electron chi connectivity index (χ2n) is 3.70. The van der Waals surface area contributed by atoms with Gasteiger partial charge in [-0.05, 0) is 49.3 Å². The van der Waals surface area contributed by atoms with Gasteiger partial charge in [0.25, 0.3) is 0 Å². The summed E-state index contributed by atoms with van der Waals surface area (Å²) in [5.41, 5.74) is 4.53. The molecule has 0 fully saturated rings. The summed E-state index contributed by atoms with van der Waals surface area (Å²) in [6.45, 7) is 6.17. The fourth-order valence-corrected chi connectivity index (χ4v) is 1.61. The number of amides is 1. The third-order valence-corrected chi connectivity index (χ3v) is 2.89. The molecule has 3 heteroatoms. The molecule has 0 aromatic heterocycles. The van der Waals surface area contributed by atoms with Crippen LogP contribution in [0.4, 0.5) is 5.69 Å². The molecule has 0 atom stereocenters. The van der Waals surface area contributed by atoms with Gasteiger partial charge in [-0.2, -0.15) is 12.6 Å². The first-order chi connectivity index (χ1) is 7.06. The van der Waals surface area contributed by atoms with Crippen LogP contribution >= 0.6 is 12.6 Å². The van der Waals surface area contributed by atoms with Crippen molar-refractivity contribution >= 4 is 24.2 Å². The van der Waals surface area contributed by atoms with Crippen molar-refractivity contribution in [2.45, 2.75) is 27.2 Å². The van der Waals surface area contributed by atoms with E-state index in [2.05, 4.69) is 31.8 Å². The monoisotopic (exact) mass is 223 g/mol. The highest BCUT2D eigenvalue weighted by molar-refractivity contribution is 7.80. The van der Waals surface area contributed by atoms with Crippen molar-refractivity contribution < 1.29 is 4.79 Å². The molecule has 2 nitrogen and oxygen atoms in total. The second kappa shape index (κ2) is 5.21. The van der Waals surface area contributed by atoms with Gasteiger partial charge >= 0.3 is 0 Å². The molecule has 1 N–H and O–H groups in total. The van der Waals surface area contributed by atoms with Crippen molar-refractivity contribution in [3.05, 3.63) is 28.8 Å². The van der Waals surface area contributed by atoms with E-state index in [-0.39, 0.29) is 5.91 Å². The van der Waals surface area contributed by atoms with Crippen LogP contribution in [0, 0.1) is 20.8 Å². The number of benzene rings is 1. The summed E-state index contributed by atoms with van der Waals surface area (Å²) < 4.78 is 0. The van der Waals surface area contributed by atoms with Gasteiger partial charge in [-0.15, -0.1) is 0 Å². The molecule has 0 aliphatic rings. The molecule has 0 saturated heterocycles. The standard InChI is InChI=1S/C12H17NOS/c1-8-4-5-11(10(3)9(8)2)13-12(14)6-7-15/h4-5,15H,6-7H2,1-3H3,(H,13,14). The van der Waals surface area contributed by atoms with Gasteiger partial charge in [-0.1, -0.05) is 6.07 Å². The van der Waals surface area contributed by atoms with Gasteiger partial charge in [0, 0.05) is 12.1 Å². The number of hydrogen-bond donors (Lipinski definition) is 2. The van der Waals surface area contributed by atoms with Gasteiger partial charge in [-0.3, -0.25) is 4.79 Å². The molecule has 0 spiro atoms. The molecule has 1 aromatic rings. The zero-order valence-corrected chi connectivity index (χ0v) is 10.3. The normalized spacial score (nSPS) is 10.1. The zero-order chi connectivity index (χ0) is 11.4. The lowest BCUT2D eigenvalue weighted by molar-refractivity contribution is -0.115. The Labute approximate surface area is 96.5 Å². The molecule has 0 bridgehead atoms. The van der Waals surface area contributed by atoms with E-state index in [1.54, 1.807) is 0 Å². The maximum Gasteiger partial charge on any atom is 0.225 e. The zero-order valence-electron chi connectivity index (χ0n) is 9.42. The van der Waals surface area contributed by atoms with Crippen LogP contribution < -0.4 is 5.32 Å². The molecule has 82 valence electrons. The van der Waals surface area contributed by atoms with E-state index in [0.717, 1.165) is 11.3 Å². The van der Waals surface area contributed by atoms with Crippen LogP contribution in [0.1, 0.15) is 23.1 Å². The predicted octanol–water partition coefficient (Wildman–Crippen LogP) is 2.87. The van der Waals surface area contributed by atoms with Gasteiger partial charge in [0.1, 0.15) is 0 Å². The Kier molecular flexibility index (Phi) is 4.21. The number of aryl methyl sites for hydroxylation is 1. The molecular weight excluding hydrogens is 206 g/mol. The molecule has 0 aliphatic heterocycles. The van der Waals surface area contributed by atoms with Crippen LogP contribution in [-0.2, 0) is 4.79 Å². The molecule has 0 aliphatic carbocycles. The minimum atomic E-state index is 0.0244. The van der Waals surface area contributed by atoms with Crippen LogP contribution in [-0.4, -0.2) is 11.7 Å². The summed E-state index contributed by atoms with van der Waals surface area (Å²) in [6, 6.07) is 3.98. The minimum absolute atomic E-state index is 0.0244. The Morgan fingerprint density at radius 2 is 1.93 bits per heavy atom. The van der Waals surface area contributed by atoms with Gasteiger partial charge in [0.05, 0.1) is 0 Å². The smallest absolute Gasteiger partial charge is 0.225 e. The first kappa shape index (κ1) is 12.1. The molecule has 0 unspecified atom stereocenters. The minimum Gasteiger partial charge on any atom is -0.326 e. The lowest BCUT2D eigenvalue weighted by Gasteiger charge is -2.12. The summed E-state index contributed by atoms with van der Waals surface area (Å²) in [6.07, 6.45) is 0.454. The molecule has 0 radical (unpaired) electrons. The summed E-state index contributed by atoms with van der Waals surface area (Å²) in [7, 11) is 0. The lowest BCUT2D eigenvalue weighted by Crippen LogP contribution is -2.13. The van der Waals surface area contributed by atoms with Gasteiger partial charge in [0.15, 0.2) is 0 Å². The van der Waals surface area contributed by atoms with Crippen molar-refractivity contribution in [3.8, 4) is 0 Å². The lowest BCUT2D eigenvalue weighted by atomic mass is 10.0. The average Bonchev–Trinajstić information content (AvgIpc) is 2.20. The van der Waals surface area contributed by atoms with E-state index in [1.165, 1.54) is 11.1 Å².